The molecule has 1 atom stereocenters. The molecule has 0 aliphatic heterocycles. The predicted molar refractivity (Wildman–Crippen MR) is 77.5 cm³/mol. The van der Waals surface area contributed by atoms with Crippen LogP contribution in [0.4, 0.5) is 0 Å². The molecule has 1 fully saturated rings. The first-order chi connectivity index (χ1) is 10.2. The fraction of sp³-hybridized carbons (Fsp3) is 0.500. The molecule has 1 aromatic rings. The summed E-state index contributed by atoms with van der Waals surface area (Å²) in [5.41, 5.74) is 0. The second-order valence-corrected chi connectivity index (χ2v) is 5.53. The van der Waals surface area contributed by atoms with E-state index in [0.29, 0.717) is 24.5 Å². The Labute approximate surface area is 124 Å². The number of hydrogen-bond acceptors (Lipinski definition) is 3. The first-order valence-electron chi connectivity index (χ1n) is 7.37. The number of hydrogen-bond donors (Lipinski definition) is 1. The van der Waals surface area contributed by atoms with Crippen molar-refractivity contribution in [2.24, 2.45) is 11.8 Å². The van der Waals surface area contributed by atoms with Gasteiger partial charge in [-0.2, -0.15) is 5.06 Å². The topological polar surface area (TPSA) is 66.8 Å². The maximum absolute atomic E-state index is 11.4. The van der Waals surface area contributed by atoms with Crippen molar-refractivity contribution in [1.82, 2.24) is 5.06 Å². The summed E-state index contributed by atoms with van der Waals surface area (Å²) >= 11 is 0. The number of carbonyl (C=O) groups excluding carboxylic acids is 1. The van der Waals surface area contributed by atoms with Crippen molar-refractivity contribution in [3.05, 3.63) is 30.3 Å². The highest BCUT2D eigenvalue weighted by atomic mass is 16.7. The third-order valence-corrected chi connectivity index (χ3v) is 3.93. The SMILES string of the molecule is O=CN(C[C@@H](CC1CCCC1)C(=O)O)Oc1ccccc1. The van der Waals surface area contributed by atoms with Crippen molar-refractivity contribution < 1.29 is 19.5 Å². The monoisotopic (exact) mass is 291 g/mol. The van der Waals surface area contributed by atoms with Crippen LogP contribution >= 0.6 is 0 Å². The Morgan fingerprint density at radius 3 is 2.57 bits per heavy atom. The quantitative estimate of drug-likeness (QED) is 0.590. The molecule has 0 bridgehead atoms. The molecule has 0 unspecified atom stereocenters. The van der Waals surface area contributed by atoms with Gasteiger partial charge < -0.3 is 9.94 Å². The number of rotatable bonds is 8. The Kier molecular flexibility index (Phi) is 5.60. The van der Waals surface area contributed by atoms with Gasteiger partial charge in [0.25, 0.3) is 0 Å². The molecule has 1 aliphatic carbocycles. The molecule has 1 N–H and O–H groups in total. The smallest absolute Gasteiger partial charge is 0.308 e. The molecule has 1 amide bonds. The van der Waals surface area contributed by atoms with Crippen LogP contribution in [0.15, 0.2) is 30.3 Å². The third-order valence-electron chi connectivity index (χ3n) is 3.93. The molecule has 21 heavy (non-hydrogen) atoms. The lowest BCUT2D eigenvalue weighted by molar-refractivity contribution is -0.153. The van der Waals surface area contributed by atoms with E-state index in [1.54, 1.807) is 24.3 Å². The van der Waals surface area contributed by atoms with Crippen LogP contribution in [0.25, 0.3) is 0 Å². The van der Waals surface area contributed by atoms with Gasteiger partial charge in [-0.1, -0.05) is 43.9 Å². The van der Waals surface area contributed by atoms with Gasteiger partial charge in [0, 0.05) is 0 Å². The summed E-state index contributed by atoms with van der Waals surface area (Å²) in [6.07, 6.45) is 5.67. The van der Waals surface area contributed by atoms with E-state index in [2.05, 4.69) is 0 Å². The largest absolute Gasteiger partial charge is 0.481 e. The zero-order valence-electron chi connectivity index (χ0n) is 12.0. The van der Waals surface area contributed by atoms with Crippen molar-refractivity contribution in [3.8, 4) is 5.75 Å². The first-order valence-corrected chi connectivity index (χ1v) is 7.37. The highest BCUT2D eigenvalue weighted by Crippen LogP contribution is 2.30. The average Bonchev–Trinajstić information content (AvgIpc) is 2.99. The van der Waals surface area contributed by atoms with Crippen LogP contribution in [0.3, 0.4) is 0 Å². The van der Waals surface area contributed by atoms with Gasteiger partial charge in [-0.05, 0) is 24.5 Å². The first kappa shape index (κ1) is 15.4. The summed E-state index contributed by atoms with van der Waals surface area (Å²) < 4.78 is 0. The van der Waals surface area contributed by atoms with Gasteiger partial charge in [0.1, 0.15) is 0 Å². The number of amides is 1. The summed E-state index contributed by atoms with van der Waals surface area (Å²) in [7, 11) is 0. The van der Waals surface area contributed by atoms with Gasteiger partial charge >= 0.3 is 5.97 Å². The van der Waals surface area contributed by atoms with E-state index < -0.39 is 11.9 Å². The van der Waals surface area contributed by atoms with Gasteiger partial charge in [-0.3, -0.25) is 9.59 Å². The Bertz CT molecular complexity index is 457. The molecule has 114 valence electrons. The fourth-order valence-electron chi connectivity index (χ4n) is 2.84. The van der Waals surface area contributed by atoms with Crippen molar-refractivity contribution >= 4 is 12.4 Å². The number of aliphatic carboxylic acids is 1. The maximum Gasteiger partial charge on any atom is 0.308 e. The third kappa shape index (κ3) is 4.77. The Hall–Kier alpha value is -2.04. The molecule has 5 nitrogen and oxygen atoms in total. The summed E-state index contributed by atoms with van der Waals surface area (Å²) in [5, 5.41) is 10.4. The molecule has 5 heteroatoms. The minimum absolute atomic E-state index is 0.0736. The van der Waals surface area contributed by atoms with Crippen LogP contribution in [-0.2, 0) is 9.59 Å². The van der Waals surface area contributed by atoms with E-state index in [4.69, 9.17) is 4.84 Å². The molecule has 0 aromatic heterocycles. The summed E-state index contributed by atoms with van der Waals surface area (Å²) in [5.74, 6) is -0.474. The van der Waals surface area contributed by atoms with E-state index >= 15 is 0 Å². The highest BCUT2D eigenvalue weighted by molar-refractivity contribution is 5.70. The van der Waals surface area contributed by atoms with Gasteiger partial charge in [-0.15, -0.1) is 0 Å². The summed E-state index contributed by atoms with van der Waals surface area (Å²) in [4.78, 5) is 27.9. The average molecular weight is 291 g/mol. The zero-order chi connectivity index (χ0) is 15.1. The molecule has 1 aliphatic rings. The van der Waals surface area contributed by atoms with E-state index in [1.807, 2.05) is 6.07 Å². The normalized spacial score (nSPS) is 16.4. The number of carboxylic acids is 1. The molecular formula is C16H21NO4. The second kappa shape index (κ2) is 7.67. The molecule has 1 aromatic carbocycles. The fourth-order valence-corrected chi connectivity index (χ4v) is 2.84. The van der Waals surface area contributed by atoms with Crippen molar-refractivity contribution in [2.45, 2.75) is 32.1 Å². The highest BCUT2D eigenvalue weighted by Gasteiger charge is 2.27. The number of hydroxylamine groups is 2. The van der Waals surface area contributed by atoms with E-state index in [0.717, 1.165) is 17.9 Å². The van der Waals surface area contributed by atoms with Gasteiger partial charge in [0.05, 0.1) is 12.5 Å². The molecule has 2 rings (SSSR count). The van der Waals surface area contributed by atoms with E-state index in [9.17, 15) is 14.7 Å². The van der Waals surface area contributed by atoms with Crippen LogP contribution in [0.2, 0.25) is 0 Å². The second-order valence-electron chi connectivity index (χ2n) is 5.53. The number of benzene rings is 1. The number of nitrogens with zero attached hydrogens (tertiary/aromatic N) is 1. The number of carboxylic acid groups (broad SMARTS) is 1. The molecule has 0 radical (unpaired) electrons. The lowest BCUT2D eigenvalue weighted by atomic mass is 9.93. The van der Waals surface area contributed by atoms with Gasteiger partial charge in [-0.25, -0.2) is 0 Å². The van der Waals surface area contributed by atoms with Crippen LogP contribution < -0.4 is 4.84 Å². The van der Waals surface area contributed by atoms with Crippen molar-refractivity contribution in [1.29, 1.82) is 0 Å². The van der Waals surface area contributed by atoms with E-state index in [-0.39, 0.29) is 6.54 Å². The lowest BCUT2D eigenvalue weighted by Gasteiger charge is -2.23. The summed E-state index contributed by atoms with van der Waals surface area (Å²) in [6, 6.07) is 8.89. The number of para-hydroxylation sites is 1. The summed E-state index contributed by atoms with van der Waals surface area (Å²) in [6.45, 7) is 0.0736. The molecule has 0 spiro atoms. The Balaban J connectivity index is 1.93. The predicted octanol–water partition coefficient (Wildman–Crippen LogP) is 2.72. The van der Waals surface area contributed by atoms with Crippen molar-refractivity contribution in [2.75, 3.05) is 6.54 Å². The Morgan fingerprint density at radius 1 is 1.33 bits per heavy atom. The minimum atomic E-state index is -0.870. The van der Waals surface area contributed by atoms with Crippen LogP contribution in [-0.4, -0.2) is 29.1 Å². The lowest BCUT2D eigenvalue weighted by Crippen LogP contribution is -2.35. The molecular weight excluding hydrogens is 270 g/mol. The minimum Gasteiger partial charge on any atom is -0.481 e. The van der Waals surface area contributed by atoms with Crippen LogP contribution in [0.5, 0.6) is 5.75 Å². The Morgan fingerprint density at radius 2 is 2.00 bits per heavy atom. The molecule has 0 heterocycles. The van der Waals surface area contributed by atoms with Gasteiger partial charge in [0.2, 0.25) is 6.41 Å². The zero-order valence-corrected chi connectivity index (χ0v) is 12.0. The van der Waals surface area contributed by atoms with E-state index in [1.165, 1.54) is 12.8 Å². The maximum atomic E-state index is 11.4. The van der Waals surface area contributed by atoms with Crippen molar-refractivity contribution in [3.63, 3.8) is 0 Å². The molecule has 0 saturated heterocycles. The standard InChI is InChI=1S/C16H21NO4/c18-12-17(21-15-8-2-1-3-9-15)11-14(16(19)20)10-13-6-4-5-7-13/h1-3,8-9,12-14H,4-7,10-11H2,(H,19,20)/t14-/m1/s1. The number of carbonyl (C=O) groups is 2. The van der Waals surface area contributed by atoms with Crippen LogP contribution in [0.1, 0.15) is 32.1 Å². The van der Waals surface area contributed by atoms with Crippen LogP contribution in [0, 0.1) is 11.8 Å². The molecule has 1 saturated carbocycles. The van der Waals surface area contributed by atoms with Gasteiger partial charge in [0.15, 0.2) is 5.75 Å².